The highest BCUT2D eigenvalue weighted by molar-refractivity contribution is 4.84. The van der Waals surface area contributed by atoms with Crippen LogP contribution in [0, 0.1) is 17.8 Å². The summed E-state index contributed by atoms with van der Waals surface area (Å²) >= 11 is 0. The van der Waals surface area contributed by atoms with Crippen LogP contribution in [0.4, 0.5) is 0 Å². The molecule has 1 heterocycles. The highest BCUT2D eigenvalue weighted by Gasteiger charge is 2.30. The standard InChI is InChI=1S/C16H34N2/c1-12(2)15-8-9-18(11-15)14(4)13(3)10-17-16(5,6)7/h12-15,17H,8-11H2,1-7H3. The van der Waals surface area contributed by atoms with Gasteiger partial charge in [0, 0.05) is 18.1 Å². The van der Waals surface area contributed by atoms with E-state index in [1.807, 2.05) is 0 Å². The predicted molar refractivity (Wildman–Crippen MR) is 80.9 cm³/mol. The van der Waals surface area contributed by atoms with Crippen LogP contribution in [0.15, 0.2) is 0 Å². The Balaban J connectivity index is 2.38. The quantitative estimate of drug-likeness (QED) is 0.809. The molecule has 1 aliphatic rings. The van der Waals surface area contributed by atoms with Gasteiger partial charge in [-0.3, -0.25) is 0 Å². The smallest absolute Gasteiger partial charge is 0.0105 e. The maximum absolute atomic E-state index is 3.63. The van der Waals surface area contributed by atoms with Crippen molar-refractivity contribution in [3.8, 4) is 0 Å². The predicted octanol–water partition coefficient (Wildman–Crippen LogP) is 3.38. The van der Waals surface area contributed by atoms with Crippen LogP contribution in [0.3, 0.4) is 0 Å². The van der Waals surface area contributed by atoms with E-state index in [-0.39, 0.29) is 5.54 Å². The molecule has 0 saturated carbocycles. The Morgan fingerprint density at radius 2 is 1.78 bits per heavy atom. The fraction of sp³-hybridized carbons (Fsp3) is 1.00. The Morgan fingerprint density at radius 1 is 1.17 bits per heavy atom. The van der Waals surface area contributed by atoms with Crippen molar-refractivity contribution < 1.29 is 0 Å². The minimum atomic E-state index is 0.236. The van der Waals surface area contributed by atoms with Crippen molar-refractivity contribution in [3.05, 3.63) is 0 Å². The lowest BCUT2D eigenvalue weighted by molar-refractivity contribution is 0.178. The molecule has 0 aromatic carbocycles. The summed E-state index contributed by atoms with van der Waals surface area (Å²) in [5.74, 6) is 2.47. The number of nitrogens with one attached hydrogen (secondary N) is 1. The van der Waals surface area contributed by atoms with Gasteiger partial charge in [-0.1, -0.05) is 20.8 Å². The van der Waals surface area contributed by atoms with E-state index in [2.05, 4.69) is 58.7 Å². The van der Waals surface area contributed by atoms with E-state index in [0.29, 0.717) is 6.04 Å². The molecule has 1 rings (SSSR count). The zero-order valence-electron chi connectivity index (χ0n) is 13.6. The molecule has 0 amide bonds. The molecule has 3 unspecified atom stereocenters. The van der Waals surface area contributed by atoms with Crippen molar-refractivity contribution in [1.82, 2.24) is 10.2 Å². The van der Waals surface area contributed by atoms with Gasteiger partial charge in [-0.2, -0.15) is 0 Å². The number of rotatable bonds is 5. The molecule has 0 aliphatic carbocycles. The number of hydrogen-bond acceptors (Lipinski definition) is 2. The van der Waals surface area contributed by atoms with Gasteiger partial charge in [-0.05, 0) is 65.0 Å². The lowest BCUT2D eigenvalue weighted by atomic mass is 9.95. The molecule has 2 heteroatoms. The van der Waals surface area contributed by atoms with Gasteiger partial charge in [0.2, 0.25) is 0 Å². The van der Waals surface area contributed by atoms with Gasteiger partial charge in [0.25, 0.3) is 0 Å². The van der Waals surface area contributed by atoms with Crippen LogP contribution in [-0.4, -0.2) is 36.1 Å². The third-order valence-electron chi connectivity index (χ3n) is 4.55. The van der Waals surface area contributed by atoms with Crippen LogP contribution in [0.2, 0.25) is 0 Å². The molecule has 1 saturated heterocycles. The van der Waals surface area contributed by atoms with Gasteiger partial charge in [-0.15, -0.1) is 0 Å². The summed E-state index contributed by atoms with van der Waals surface area (Å²) in [5, 5.41) is 3.63. The van der Waals surface area contributed by atoms with Crippen LogP contribution in [0.5, 0.6) is 0 Å². The van der Waals surface area contributed by atoms with Crippen LogP contribution in [-0.2, 0) is 0 Å². The molecule has 0 aromatic heterocycles. The second-order valence-corrected chi connectivity index (χ2v) is 7.64. The third kappa shape index (κ3) is 4.89. The van der Waals surface area contributed by atoms with Crippen LogP contribution in [0.25, 0.3) is 0 Å². The van der Waals surface area contributed by atoms with Gasteiger partial charge < -0.3 is 10.2 Å². The average molecular weight is 254 g/mol. The minimum Gasteiger partial charge on any atom is -0.312 e. The molecular formula is C16H34N2. The summed E-state index contributed by atoms with van der Waals surface area (Å²) in [6, 6.07) is 0.698. The Hall–Kier alpha value is -0.0800. The molecule has 0 aromatic rings. The summed E-state index contributed by atoms with van der Waals surface area (Å²) in [6.45, 7) is 20.0. The van der Waals surface area contributed by atoms with Crippen molar-refractivity contribution >= 4 is 0 Å². The normalized spacial score (nSPS) is 25.7. The zero-order valence-corrected chi connectivity index (χ0v) is 13.6. The molecule has 108 valence electrons. The Bertz CT molecular complexity index is 242. The lowest BCUT2D eigenvalue weighted by Crippen LogP contribution is -2.45. The average Bonchev–Trinajstić information content (AvgIpc) is 2.73. The zero-order chi connectivity index (χ0) is 13.9. The lowest BCUT2D eigenvalue weighted by Gasteiger charge is -2.32. The Kier molecular flexibility index (Phi) is 5.67. The van der Waals surface area contributed by atoms with Crippen LogP contribution in [0.1, 0.15) is 54.9 Å². The van der Waals surface area contributed by atoms with Gasteiger partial charge in [0.15, 0.2) is 0 Å². The SMILES string of the molecule is CC(C)C1CCN(C(C)C(C)CNC(C)(C)C)C1. The number of nitrogens with zero attached hydrogens (tertiary/aromatic N) is 1. The molecule has 0 radical (unpaired) electrons. The summed E-state index contributed by atoms with van der Waals surface area (Å²) in [4.78, 5) is 2.69. The van der Waals surface area contributed by atoms with E-state index >= 15 is 0 Å². The van der Waals surface area contributed by atoms with Crippen LogP contribution < -0.4 is 5.32 Å². The minimum absolute atomic E-state index is 0.236. The summed E-state index contributed by atoms with van der Waals surface area (Å²) < 4.78 is 0. The number of likely N-dealkylation sites (tertiary alicyclic amines) is 1. The first-order valence-electron chi connectivity index (χ1n) is 7.70. The van der Waals surface area contributed by atoms with E-state index < -0.39 is 0 Å². The summed E-state index contributed by atoms with van der Waals surface area (Å²) in [6.07, 6.45) is 1.39. The van der Waals surface area contributed by atoms with E-state index in [0.717, 1.165) is 24.3 Å². The molecule has 0 spiro atoms. The Labute approximate surface area is 115 Å². The van der Waals surface area contributed by atoms with Crippen molar-refractivity contribution in [2.24, 2.45) is 17.8 Å². The molecule has 1 N–H and O–H groups in total. The molecule has 1 fully saturated rings. The van der Waals surface area contributed by atoms with E-state index in [4.69, 9.17) is 0 Å². The summed E-state index contributed by atoms with van der Waals surface area (Å²) in [5.41, 5.74) is 0.236. The molecule has 18 heavy (non-hydrogen) atoms. The first kappa shape index (κ1) is 16.0. The number of hydrogen-bond donors (Lipinski definition) is 1. The van der Waals surface area contributed by atoms with Crippen molar-refractivity contribution in [1.29, 1.82) is 0 Å². The highest BCUT2D eigenvalue weighted by atomic mass is 15.2. The van der Waals surface area contributed by atoms with Gasteiger partial charge in [-0.25, -0.2) is 0 Å². The second kappa shape index (κ2) is 6.38. The fourth-order valence-corrected chi connectivity index (χ4v) is 2.73. The van der Waals surface area contributed by atoms with E-state index in [9.17, 15) is 0 Å². The maximum Gasteiger partial charge on any atom is 0.0105 e. The third-order valence-corrected chi connectivity index (χ3v) is 4.55. The molecule has 2 nitrogen and oxygen atoms in total. The molecule has 1 aliphatic heterocycles. The van der Waals surface area contributed by atoms with Gasteiger partial charge >= 0.3 is 0 Å². The summed E-state index contributed by atoms with van der Waals surface area (Å²) in [7, 11) is 0. The van der Waals surface area contributed by atoms with Crippen LogP contribution >= 0.6 is 0 Å². The monoisotopic (exact) mass is 254 g/mol. The Morgan fingerprint density at radius 3 is 2.22 bits per heavy atom. The first-order valence-corrected chi connectivity index (χ1v) is 7.70. The molecule has 0 bridgehead atoms. The van der Waals surface area contributed by atoms with Gasteiger partial charge in [0.1, 0.15) is 0 Å². The molecule has 3 atom stereocenters. The largest absolute Gasteiger partial charge is 0.312 e. The van der Waals surface area contributed by atoms with Crippen molar-refractivity contribution in [3.63, 3.8) is 0 Å². The van der Waals surface area contributed by atoms with Gasteiger partial charge in [0.05, 0.1) is 0 Å². The van der Waals surface area contributed by atoms with E-state index in [1.165, 1.54) is 19.5 Å². The molecular weight excluding hydrogens is 220 g/mol. The fourth-order valence-electron chi connectivity index (χ4n) is 2.73. The van der Waals surface area contributed by atoms with Crippen molar-refractivity contribution in [2.45, 2.75) is 66.5 Å². The highest BCUT2D eigenvalue weighted by Crippen LogP contribution is 2.27. The topological polar surface area (TPSA) is 15.3 Å². The first-order chi connectivity index (χ1) is 8.20. The second-order valence-electron chi connectivity index (χ2n) is 7.64. The van der Waals surface area contributed by atoms with E-state index in [1.54, 1.807) is 0 Å². The maximum atomic E-state index is 3.63. The van der Waals surface area contributed by atoms with Crippen molar-refractivity contribution in [2.75, 3.05) is 19.6 Å².